The van der Waals surface area contributed by atoms with Crippen LogP contribution >= 0.6 is 0 Å². The molecule has 0 bridgehead atoms. The van der Waals surface area contributed by atoms with Gasteiger partial charge < -0.3 is 10.4 Å². The zero-order valence-electron chi connectivity index (χ0n) is 12.2. The molecule has 0 unspecified atom stereocenters. The Balaban J connectivity index is 2.29. The van der Waals surface area contributed by atoms with Crippen molar-refractivity contribution < 1.29 is 23.1 Å². The van der Waals surface area contributed by atoms with Crippen molar-refractivity contribution in [2.24, 2.45) is 7.05 Å². The number of aryl methyl sites for hydroxylation is 1. The van der Waals surface area contributed by atoms with Gasteiger partial charge in [-0.2, -0.15) is 18.3 Å². The Morgan fingerprint density at radius 1 is 1.30 bits per heavy atom. The van der Waals surface area contributed by atoms with Crippen molar-refractivity contribution >= 4 is 5.91 Å². The second kappa shape index (κ2) is 5.38. The van der Waals surface area contributed by atoms with Crippen LogP contribution in [0.5, 0.6) is 0 Å². The molecular weight excluding hydrogens is 311 g/mol. The van der Waals surface area contributed by atoms with E-state index in [9.17, 15) is 23.1 Å². The molecular formula is C15H14F3N3O2. The average Bonchev–Trinajstić information content (AvgIpc) is 2.89. The number of benzene rings is 1. The van der Waals surface area contributed by atoms with Crippen LogP contribution in [-0.4, -0.2) is 27.3 Å². The molecule has 0 saturated heterocycles. The Morgan fingerprint density at radius 2 is 2.00 bits per heavy atom. The summed E-state index contributed by atoms with van der Waals surface area (Å²) in [7, 11) is 1.41. The van der Waals surface area contributed by atoms with E-state index in [1.54, 1.807) is 0 Å². The summed E-state index contributed by atoms with van der Waals surface area (Å²) >= 11 is 0. The van der Waals surface area contributed by atoms with Crippen molar-refractivity contribution in [3.8, 4) is 11.1 Å². The van der Waals surface area contributed by atoms with Gasteiger partial charge in [0, 0.05) is 30.9 Å². The van der Waals surface area contributed by atoms with E-state index in [1.807, 2.05) is 0 Å². The maximum Gasteiger partial charge on any atom is 0.435 e. The largest absolute Gasteiger partial charge is 0.435 e. The van der Waals surface area contributed by atoms with Crippen LogP contribution in [-0.2, 0) is 26.3 Å². The molecule has 122 valence electrons. The van der Waals surface area contributed by atoms with Gasteiger partial charge in [-0.05, 0) is 35.2 Å². The number of alkyl halides is 3. The molecule has 5 nitrogen and oxygen atoms in total. The maximum atomic E-state index is 13.2. The zero-order valence-corrected chi connectivity index (χ0v) is 12.2. The first-order chi connectivity index (χ1) is 10.8. The van der Waals surface area contributed by atoms with Crippen molar-refractivity contribution in [1.29, 1.82) is 0 Å². The highest BCUT2D eigenvalue weighted by Gasteiger charge is 2.38. The fourth-order valence-electron chi connectivity index (χ4n) is 2.83. The monoisotopic (exact) mass is 325 g/mol. The Labute approximate surface area is 129 Å². The number of hydrogen-bond acceptors (Lipinski definition) is 3. The second-order valence-electron chi connectivity index (χ2n) is 5.40. The number of carbonyl (C=O) groups excluding carboxylic acids is 1. The molecule has 2 heterocycles. The van der Waals surface area contributed by atoms with E-state index in [0.29, 0.717) is 35.2 Å². The van der Waals surface area contributed by atoms with Gasteiger partial charge in [0.25, 0.3) is 5.91 Å². The summed E-state index contributed by atoms with van der Waals surface area (Å²) in [5, 5.41) is 15.5. The van der Waals surface area contributed by atoms with Gasteiger partial charge in [0.1, 0.15) is 0 Å². The average molecular weight is 325 g/mol. The second-order valence-corrected chi connectivity index (χ2v) is 5.40. The fourth-order valence-corrected chi connectivity index (χ4v) is 2.83. The van der Waals surface area contributed by atoms with Gasteiger partial charge in [0.2, 0.25) is 0 Å². The minimum Gasteiger partial charge on any atom is -0.392 e. The summed E-state index contributed by atoms with van der Waals surface area (Å²) in [5.41, 5.74) is 0.443. The number of nitrogens with one attached hydrogen (secondary N) is 1. The lowest BCUT2D eigenvalue weighted by Gasteiger charge is -2.21. The quantitative estimate of drug-likeness (QED) is 0.886. The van der Waals surface area contributed by atoms with E-state index in [-0.39, 0.29) is 18.1 Å². The van der Waals surface area contributed by atoms with Gasteiger partial charge in [0.05, 0.1) is 6.61 Å². The first-order valence-corrected chi connectivity index (χ1v) is 6.97. The minimum atomic E-state index is -4.60. The van der Waals surface area contributed by atoms with E-state index in [1.165, 1.54) is 25.4 Å². The van der Waals surface area contributed by atoms with Crippen molar-refractivity contribution in [2.75, 3.05) is 6.54 Å². The summed E-state index contributed by atoms with van der Waals surface area (Å²) in [6.45, 7) is -0.00586. The molecule has 0 aliphatic carbocycles. The van der Waals surface area contributed by atoms with Gasteiger partial charge in [-0.25, -0.2) is 0 Å². The van der Waals surface area contributed by atoms with Crippen molar-refractivity contribution in [3.63, 3.8) is 0 Å². The lowest BCUT2D eigenvalue weighted by molar-refractivity contribution is -0.140. The van der Waals surface area contributed by atoms with Crippen molar-refractivity contribution in [1.82, 2.24) is 15.1 Å². The lowest BCUT2D eigenvalue weighted by atomic mass is 9.89. The lowest BCUT2D eigenvalue weighted by Crippen LogP contribution is -2.32. The Morgan fingerprint density at radius 3 is 2.65 bits per heavy atom. The number of amides is 1. The van der Waals surface area contributed by atoms with Gasteiger partial charge in [-0.3, -0.25) is 9.48 Å². The molecule has 1 amide bonds. The van der Waals surface area contributed by atoms with E-state index in [2.05, 4.69) is 10.4 Å². The molecule has 0 saturated carbocycles. The number of nitrogens with zero attached hydrogens (tertiary/aromatic N) is 2. The van der Waals surface area contributed by atoms with Crippen molar-refractivity contribution in [2.45, 2.75) is 19.2 Å². The molecule has 2 aromatic rings. The third kappa shape index (κ3) is 2.70. The molecule has 1 aromatic carbocycles. The smallest absolute Gasteiger partial charge is 0.392 e. The van der Waals surface area contributed by atoms with Gasteiger partial charge in [-0.1, -0.05) is 0 Å². The summed E-state index contributed by atoms with van der Waals surface area (Å²) < 4.78 is 40.8. The molecule has 3 rings (SSSR count). The number of halogens is 3. The highest BCUT2D eigenvalue weighted by molar-refractivity contribution is 5.99. The van der Waals surface area contributed by atoms with Crippen LogP contribution in [0, 0.1) is 0 Å². The number of fused-ring (bicyclic) bond motifs is 1. The highest BCUT2D eigenvalue weighted by atomic mass is 19.4. The summed E-state index contributed by atoms with van der Waals surface area (Å²) in [4.78, 5) is 12.0. The van der Waals surface area contributed by atoms with Crippen molar-refractivity contribution in [3.05, 3.63) is 40.7 Å². The first kappa shape index (κ1) is 15.5. The summed E-state index contributed by atoms with van der Waals surface area (Å²) in [5.74, 6) is -0.347. The molecule has 0 spiro atoms. The van der Waals surface area contributed by atoms with E-state index in [4.69, 9.17) is 0 Å². The van der Waals surface area contributed by atoms with Crippen LogP contribution in [0.25, 0.3) is 11.1 Å². The van der Waals surface area contributed by atoms with Gasteiger partial charge in [-0.15, -0.1) is 0 Å². The molecule has 1 aliphatic rings. The SMILES string of the molecule is Cn1cc(-c2cc(CO)cc3c2CCNC3=O)c(C(F)(F)F)n1. The van der Waals surface area contributed by atoms with Crippen LogP contribution in [0.3, 0.4) is 0 Å². The first-order valence-electron chi connectivity index (χ1n) is 6.97. The van der Waals surface area contributed by atoms with Crippen LogP contribution in [0.4, 0.5) is 13.2 Å². The molecule has 0 fully saturated rings. The zero-order chi connectivity index (χ0) is 16.8. The molecule has 8 heteroatoms. The predicted molar refractivity (Wildman–Crippen MR) is 75.6 cm³/mol. The maximum absolute atomic E-state index is 13.2. The Hall–Kier alpha value is -2.35. The van der Waals surface area contributed by atoms with Crippen LogP contribution in [0.15, 0.2) is 18.3 Å². The molecule has 0 radical (unpaired) electrons. The number of rotatable bonds is 2. The molecule has 23 heavy (non-hydrogen) atoms. The molecule has 1 aliphatic heterocycles. The molecule has 1 aromatic heterocycles. The van der Waals surface area contributed by atoms with Crippen LogP contribution in [0.2, 0.25) is 0 Å². The number of carbonyl (C=O) groups is 1. The van der Waals surface area contributed by atoms with E-state index >= 15 is 0 Å². The number of hydrogen-bond donors (Lipinski definition) is 2. The van der Waals surface area contributed by atoms with E-state index in [0.717, 1.165) is 4.68 Å². The minimum absolute atomic E-state index is 0.0822. The number of aliphatic hydroxyl groups is 1. The Bertz CT molecular complexity index is 781. The topological polar surface area (TPSA) is 67.2 Å². The summed E-state index contributed by atoms with van der Waals surface area (Å²) in [6, 6.07) is 3.00. The summed E-state index contributed by atoms with van der Waals surface area (Å²) in [6.07, 6.45) is -2.89. The molecule has 0 atom stereocenters. The van der Waals surface area contributed by atoms with Gasteiger partial charge >= 0.3 is 6.18 Å². The highest BCUT2D eigenvalue weighted by Crippen LogP contribution is 2.39. The third-order valence-corrected chi connectivity index (χ3v) is 3.78. The van der Waals surface area contributed by atoms with Crippen LogP contribution in [0.1, 0.15) is 27.2 Å². The predicted octanol–water partition coefficient (Wildman–Crippen LogP) is 1.88. The number of aliphatic hydroxyl groups excluding tert-OH is 1. The normalized spacial score (nSPS) is 14.6. The fraction of sp³-hybridized carbons (Fsp3) is 0.333. The third-order valence-electron chi connectivity index (χ3n) is 3.78. The van der Waals surface area contributed by atoms with Gasteiger partial charge in [0.15, 0.2) is 5.69 Å². The molecule has 2 N–H and O–H groups in total. The standard InChI is InChI=1S/C15H14F3N3O2/c1-21-6-12(13(20-21)15(16,17)18)10-4-8(7-22)5-11-9(10)2-3-19-14(11)23/h4-6,22H,2-3,7H2,1H3,(H,19,23). The number of aromatic nitrogens is 2. The Kier molecular flexibility index (Phi) is 3.63. The van der Waals surface area contributed by atoms with E-state index < -0.39 is 11.9 Å². The van der Waals surface area contributed by atoms with Crippen LogP contribution < -0.4 is 5.32 Å².